The van der Waals surface area contributed by atoms with Crippen LogP contribution in [0.5, 0.6) is 0 Å². The van der Waals surface area contributed by atoms with Crippen molar-refractivity contribution in [1.82, 2.24) is 0 Å². The van der Waals surface area contributed by atoms with Gasteiger partial charge in [-0.05, 0) is 184 Å². The van der Waals surface area contributed by atoms with Gasteiger partial charge in [0.1, 0.15) is 0 Å². The Morgan fingerprint density at radius 3 is 1.07 bits per heavy atom. The average Bonchev–Trinajstić information content (AvgIpc) is 2.82. The van der Waals surface area contributed by atoms with Crippen LogP contribution in [-0.4, -0.2) is 0 Å². The summed E-state index contributed by atoms with van der Waals surface area (Å²) < 4.78 is 0. The SMILES string of the molecule is C.Cc1cc(C(C)C)c(C)c(C)c1C.Cc1cc(C)c(C(C)C)c(C)c1C.Cc1cc(C)c(C)c(C(C)C)c1C. The van der Waals surface area contributed by atoms with Crippen molar-refractivity contribution in [2.24, 2.45) is 0 Å². The van der Waals surface area contributed by atoms with E-state index in [1.807, 2.05) is 0 Å². The summed E-state index contributed by atoms with van der Waals surface area (Å²) in [5.74, 6) is 1.91. The second kappa shape index (κ2) is 15.6. The predicted octanol–water partition coefficient (Wildman–Crippen LogP) is 12.8. The van der Waals surface area contributed by atoms with Gasteiger partial charge in [-0.1, -0.05) is 67.2 Å². The third-order valence-corrected chi connectivity index (χ3v) is 9.14. The number of hydrogen-bond acceptors (Lipinski definition) is 0. The minimum absolute atomic E-state index is 0. The maximum atomic E-state index is 2.34. The summed E-state index contributed by atoms with van der Waals surface area (Å²) in [5.41, 5.74) is 21.9. The van der Waals surface area contributed by atoms with E-state index in [-0.39, 0.29) is 7.43 Å². The van der Waals surface area contributed by atoms with Gasteiger partial charge in [-0.15, -0.1) is 0 Å². The third kappa shape index (κ3) is 8.83. The fourth-order valence-electron chi connectivity index (χ4n) is 6.15. The van der Waals surface area contributed by atoms with Crippen molar-refractivity contribution in [3.63, 3.8) is 0 Å². The van der Waals surface area contributed by atoms with Crippen molar-refractivity contribution >= 4 is 0 Å². The molecule has 3 aromatic carbocycles. The van der Waals surface area contributed by atoms with E-state index in [0.29, 0.717) is 17.8 Å². The first-order valence-corrected chi connectivity index (χ1v) is 15.1. The first-order valence-electron chi connectivity index (χ1n) is 15.1. The molecule has 3 rings (SSSR count). The quantitative estimate of drug-likeness (QED) is 0.307. The maximum Gasteiger partial charge on any atom is -0.0213 e. The molecule has 0 aliphatic carbocycles. The van der Waals surface area contributed by atoms with Gasteiger partial charge in [0.15, 0.2) is 0 Å². The standard InChI is InChI=1S/3C13H20.CH4/c1-8(2)13-7-9(3)10(4)11(5)12(13)6;1-8(2)13-10(4)7-9(3)11(5)12(13)6;1-8(2)13-11(5)9(3)7-10(4)12(13)6;/h3*7-8H,1-6H3;1H4. The van der Waals surface area contributed by atoms with Crippen LogP contribution in [0.3, 0.4) is 0 Å². The number of rotatable bonds is 3. The number of aryl methyl sites for hydroxylation is 5. The van der Waals surface area contributed by atoms with Gasteiger partial charge in [-0.3, -0.25) is 0 Å². The van der Waals surface area contributed by atoms with Gasteiger partial charge in [-0.2, -0.15) is 0 Å². The van der Waals surface area contributed by atoms with E-state index in [1.54, 1.807) is 0 Å². The molecule has 3 aromatic rings. The summed E-state index contributed by atoms with van der Waals surface area (Å²) in [5, 5.41) is 0. The highest BCUT2D eigenvalue weighted by atomic mass is 14.2. The summed E-state index contributed by atoms with van der Waals surface area (Å²) >= 11 is 0. The molecule has 0 radical (unpaired) electrons. The van der Waals surface area contributed by atoms with E-state index in [9.17, 15) is 0 Å². The smallest absolute Gasteiger partial charge is 0.0213 e. The second-order valence-electron chi connectivity index (χ2n) is 13.0. The number of benzene rings is 3. The highest BCUT2D eigenvalue weighted by molar-refractivity contribution is 5.47. The van der Waals surface area contributed by atoms with Crippen LogP contribution in [0.25, 0.3) is 0 Å². The van der Waals surface area contributed by atoms with Crippen LogP contribution in [-0.2, 0) is 0 Å². The lowest BCUT2D eigenvalue weighted by atomic mass is 9.88. The van der Waals surface area contributed by atoms with Crippen LogP contribution < -0.4 is 0 Å². The van der Waals surface area contributed by atoms with Crippen LogP contribution in [0, 0.1) is 83.1 Å². The van der Waals surface area contributed by atoms with Gasteiger partial charge in [0.2, 0.25) is 0 Å². The monoisotopic (exact) mass is 545 g/mol. The minimum atomic E-state index is 0. The van der Waals surface area contributed by atoms with Gasteiger partial charge >= 0.3 is 0 Å². The van der Waals surface area contributed by atoms with E-state index >= 15 is 0 Å². The molecule has 0 saturated heterocycles. The summed E-state index contributed by atoms with van der Waals surface area (Å²) in [7, 11) is 0. The fraction of sp³-hybridized carbons (Fsp3) is 0.550. The van der Waals surface area contributed by atoms with Gasteiger partial charge in [0, 0.05) is 0 Å². The Morgan fingerprint density at radius 2 is 0.675 bits per heavy atom. The highest BCUT2D eigenvalue weighted by Crippen LogP contribution is 2.29. The first kappa shape index (κ1) is 37.7. The largest absolute Gasteiger partial charge is 0.0776 e. The molecule has 0 aromatic heterocycles. The summed E-state index contributed by atoms with van der Waals surface area (Å²) in [6.45, 7) is 40.2. The summed E-state index contributed by atoms with van der Waals surface area (Å²) in [6, 6.07) is 6.93. The molecule has 0 N–H and O–H groups in total. The van der Waals surface area contributed by atoms with Crippen molar-refractivity contribution in [3.8, 4) is 0 Å². The Hall–Kier alpha value is -2.34. The lowest BCUT2D eigenvalue weighted by Crippen LogP contribution is -2.00. The molecule has 0 bridgehead atoms. The molecule has 0 aliphatic heterocycles. The van der Waals surface area contributed by atoms with E-state index in [0.717, 1.165) is 0 Å². The minimum Gasteiger partial charge on any atom is -0.0776 e. The van der Waals surface area contributed by atoms with E-state index in [4.69, 9.17) is 0 Å². The second-order valence-corrected chi connectivity index (χ2v) is 13.0. The zero-order valence-electron chi connectivity index (χ0n) is 29.0. The zero-order valence-corrected chi connectivity index (χ0v) is 29.0. The Kier molecular flexibility index (Phi) is 14.7. The average molecular weight is 545 g/mol. The molecule has 224 valence electrons. The number of hydrogen-bond donors (Lipinski definition) is 0. The Balaban J connectivity index is 0.000000563. The fourth-order valence-corrected chi connectivity index (χ4v) is 6.15. The van der Waals surface area contributed by atoms with Gasteiger partial charge in [0.25, 0.3) is 0 Å². The Labute approximate surface area is 251 Å². The molecule has 0 spiro atoms. The third-order valence-electron chi connectivity index (χ3n) is 9.14. The maximum absolute atomic E-state index is 2.34. The van der Waals surface area contributed by atoms with Gasteiger partial charge < -0.3 is 0 Å². The van der Waals surface area contributed by atoms with Crippen LogP contribution in [0.15, 0.2) is 18.2 Å². The molecule has 0 nitrogen and oxygen atoms in total. The molecule has 0 fully saturated rings. The van der Waals surface area contributed by atoms with Crippen LogP contribution >= 0.6 is 0 Å². The first-order chi connectivity index (χ1) is 17.8. The van der Waals surface area contributed by atoms with Crippen molar-refractivity contribution in [2.75, 3.05) is 0 Å². The van der Waals surface area contributed by atoms with Crippen LogP contribution in [0.1, 0.15) is 150 Å². The summed E-state index contributed by atoms with van der Waals surface area (Å²) in [4.78, 5) is 0. The van der Waals surface area contributed by atoms with Crippen molar-refractivity contribution < 1.29 is 0 Å². The molecular formula is C40H64. The molecule has 0 amide bonds. The predicted molar refractivity (Wildman–Crippen MR) is 185 cm³/mol. The molecule has 0 heterocycles. The van der Waals surface area contributed by atoms with Crippen molar-refractivity contribution in [3.05, 3.63) is 102 Å². The molecule has 0 unspecified atom stereocenters. The van der Waals surface area contributed by atoms with Crippen molar-refractivity contribution in [2.45, 2.75) is 150 Å². The zero-order chi connectivity index (χ0) is 30.5. The van der Waals surface area contributed by atoms with E-state index in [1.165, 1.54) is 83.5 Å². The van der Waals surface area contributed by atoms with Gasteiger partial charge in [-0.25, -0.2) is 0 Å². The molecule has 0 heteroatoms. The van der Waals surface area contributed by atoms with Crippen LogP contribution in [0.2, 0.25) is 0 Å². The summed E-state index contributed by atoms with van der Waals surface area (Å²) in [6.07, 6.45) is 0. The topological polar surface area (TPSA) is 0 Å². The Bertz CT molecular complexity index is 1250. The molecule has 0 atom stereocenters. The molecule has 0 aliphatic rings. The molecular weight excluding hydrogens is 480 g/mol. The normalized spacial score (nSPS) is 10.7. The van der Waals surface area contributed by atoms with Crippen LogP contribution in [0.4, 0.5) is 0 Å². The molecule has 40 heavy (non-hydrogen) atoms. The van der Waals surface area contributed by atoms with Gasteiger partial charge in [0.05, 0.1) is 0 Å². The highest BCUT2D eigenvalue weighted by Gasteiger charge is 2.12. The van der Waals surface area contributed by atoms with E-state index in [2.05, 4.69) is 143 Å². The lowest BCUT2D eigenvalue weighted by molar-refractivity contribution is 0.840. The lowest BCUT2D eigenvalue weighted by Gasteiger charge is -2.17. The molecule has 0 saturated carbocycles. The Morgan fingerprint density at radius 1 is 0.325 bits per heavy atom. The van der Waals surface area contributed by atoms with E-state index < -0.39 is 0 Å². The van der Waals surface area contributed by atoms with Crippen molar-refractivity contribution in [1.29, 1.82) is 0 Å².